The Morgan fingerprint density at radius 1 is 1.67 bits per heavy atom. The predicted octanol–water partition coefficient (Wildman–Crippen LogP) is 2.41. The molecule has 1 atom stereocenters. The molecule has 0 bridgehead atoms. The topological polar surface area (TPSA) is 20.2 Å². The van der Waals surface area contributed by atoms with E-state index in [9.17, 15) is 0 Å². The van der Waals surface area contributed by atoms with E-state index in [4.69, 9.17) is 5.11 Å². The third-order valence-corrected chi connectivity index (χ3v) is 1.83. The van der Waals surface area contributed by atoms with Crippen LogP contribution in [0.4, 0.5) is 0 Å². The van der Waals surface area contributed by atoms with Gasteiger partial charge < -0.3 is 5.11 Å². The Kier molecular flexibility index (Phi) is 1.60. The molecule has 0 fully saturated rings. The largest absolute Gasteiger partial charge is 0.508 e. The second-order valence-corrected chi connectivity index (χ2v) is 2.65. The number of aliphatic hydroxyl groups excluding tert-OH is 1. The van der Waals surface area contributed by atoms with Crippen LogP contribution in [0.25, 0.3) is 0 Å². The molecule has 9 heavy (non-hydrogen) atoms. The van der Waals surface area contributed by atoms with Crippen molar-refractivity contribution in [3.8, 4) is 0 Å². The van der Waals surface area contributed by atoms with Crippen LogP contribution in [-0.2, 0) is 0 Å². The molecule has 50 valence electrons. The summed E-state index contributed by atoms with van der Waals surface area (Å²) in [4.78, 5) is 0. The van der Waals surface area contributed by atoms with E-state index >= 15 is 0 Å². The van der Waals surface area contributed by atoms with E-state index in [0.717, 1.165) is 6.42 Å². The van der Waals surface area contributed by atoms with E-state index in [1.165, 1.54) is 5.57 Å². The third-order valence-electron chi connectivity index (χ3n) is 1.83. The Morgan fingerprint density at radius 2 is 2.33 bits per heavy atom. The van der Waals surface area contributed by atoms with Gasteiger partial charge >= 0.3 is 0 Å². The fraction of sp³-hybridized carbons (Fsp3) is 0.500. The molecule has 0 saturated carbocycles. The molecule has 1 heteroatoms. The fourth-order valence-electron chi connectivity index (χ4n) is 0.918. The molecule has 0 amide bonds. The van der Waals surface area contributed by atoms with Crippen molar-refractivity contribution >= 4 is 0 Å². The molecule has 0 aromatic rings. The molecule has 0 spiro atoms. The fourth-order valence-corrected chi connectivity index (χ4v) is 0.918. The molecule has 1 nitrogen and oxygen atoms in total. The first-order valence-electron chi connectivity index (χ1n) is 3.27. The smallest absolute Gasteiger partial charge is 0.111 e. The average Bonchev–Trinajstić information content (AvgIpc) is 1.80. The van der Waals surface area contributed by atoms with Crippen molar-refractivity contribution in [2.75, 3.05) is 0 Å². The Balaban J connectivity index is 2.74. The van der Waals surface area contributed by atoms with Crippen LogP contribution in [0.2, 0.25) is 0 Å². The van der Waals surface area contributed by atoms with Crippen LogP contribution in [0.3, 0.4) is 0 Å². The molecular weight excluding hydrogens is 112 g/mol. The first kappa shape index (κ1) is 6.40. The van der Waals surface area contributed by atoms with E-state index in [2.05, 4.69) is 6.92 Å². The van der Waals surface area contributed by atoms with E-state index in [1.54, 1.807) is 0 Å². The first-order chi connectivity index (χ1) is 4.20. The van der Waals surface area contributed by atoms with Gasteiger partial charge in [-0.3, -0.25) is 0 Å². The SMILES string of the molecule is CC1=CC(O)=CCC1C. The zero-order valence-corrected chi connectivity index (χ0v) is 5.89. The van der Waals surface area contributed by atoms with Gasteiger partial charge in [0.1, 0.15) is 5.76 Å². The minimum Gasteiger partial charge on any atom is -0.508 e. The molecule has 0 saturated heterocycles. The van der Waals surface area contributed by atoms with Crippen molar-refractivity contribution in [3.05, 3.63) is 23.5 Å². The molecule has 0 aromatic heterocycles. The third kappa shape index (κ3) is 1.35. The summed E-state index contributed by atoms with van der Waals surface area (Å²) >= 11 is 0. The van der Waals surface area contributed by atoms with Crippen LogP contribution in [0.1, 0.15) is 20.3 Å². The summed E-state index contributed by atoms with van der Waals surface area (Å²) in [5, 5.41) is 8.98. The van der Waals surface area contributed by atoms with Gasteiger partial charge in [0, 0.05) is 0 Å². The minimum atomic E-state index is 0.422. The van der Waals surface area contributed by atoms with E-state index < -0.39 is 0 Å². The lowest BCUT2D eigenvalue weighted by Gasteiger charge is -2.13. The highest BCUT2D eigenvalue weighted by atomic mass is 16.3. The summed E-state index contributed by atoms with van der Waals surface area (Å²) in [6.07, 6.45) is 4.67. The maximum atomic E-state index is 8.98. The van der Waals surface area contributed by atoms with Crippen molar-refractivity contribution in [2.24, 2.45) is 5.92 Å². The quantitative estimate of drug-likeness (QED) is 0.525. The molecule has 0 heterocycles. The summed E-state index contributed by atoms with van der Waals surface area (Å²) < 4.78 is 0. The van der Waals surface area contributed by atoms with Gasteiger partial charge in [0.05, 0.1) is 0 Å². The van der Waals surface area contributed by atoms with Gasteiger partial charge in [-0.1, -0.05) is 12.5 Å². The number of hydrogen-bond acceptors (Lipinski definition) is 1. The highest BCUT2D eigenvalue weighted by Crippen LogP contribution is 2.21. The van der Waals surface area contributed by atoms with Gasteiger partial charge in [-0.2, -0.15) is 0 Å². The van der Waals surface area contributed by atoms with Crippen LogP contribution >= 0.6 is 0 Å². The Morgan fingerprint density at radius 3 is 2.78 bits per heavy atom. The van der Waals surface area contributed by atoms with Gasteiger partial charge in [-0.15, -0.1) is 0 Å². The molecule has 0 radical (unpaired) electrons. The maximum absolute atomic E-state index is 8.98. The number of rotatable bonds is 0. The van der Waals surface area contributed by atoms with Crippen molar-refractivity contribution in [1.82, 2.24) is 0 Å². The lowest BCUT2D eigenvalue weighted by Crippen LogP contribution is -2.00. The molecule has 1 aliphatic carbocycles. The number of allylic oxidation sites excluding steroid dienone is 3. The highest BCUT2D eigenvalue weighted by molar-refractivity contribution is 5.22. The van der Waals surface area contributed by atoms with Crippen LogP contribution in [0.5, 0.6) is 0 Å². The van der Waals surface area contributed by atoms with Gasteiger partial charge in [0.25, 0.3) is 0 Å². The van der Waals surface area contributed by atoms with E-state index in [0.29, 0.717) is 11.7 Å². The van der Waals surface area contributed by atoms with E-state index in [1.807, 2.05) is 19.1 Å². The molecule has 1 unspecified atom stereocenters. The summed E-state index contributed by atoms with van der Waals surface area (Å²) in [6, 6.07) is 0. The Bertz CT molecular complexity index is 165. The van der Waals surface area contributed by atoms with Crippen LogP contribution in [0.15, 0.2) is 23.5 Å². The van der Waals surface area contributed by atoms with Crippen molar-refractivity contribution in [1.29, 1.82) is 0 Å². The lowest BCUT2D eigenvalue weighted by molar-refractivity contribution is 0.419. The van der Waals surface area contributed by atoms with Gasteiger partial charge in [-0.05, 0) is 31.4 Å². The molecular formula is C8H12O. The Labute approximate surface area is 55.7 Å². The Hall–Kier alpha value is -0.720. The predicted molar refractivity (Wildman–Crippen MR) is 38.2 cm³/mol. The summed E-state index contributed by atoms with van der Waals surface area (Å²) in [6.45, 7) is 4.21. The summed E-state index contributed by atoms with van der Waals surface area (Å²) in [5.41, 5.74) is 1.27. The number of aliphatic hydroxyl groups is 1. The zero-order valence-electron chi connectivity index (χ0n) is 5.89. The summed E-state index contributed by atoms with van der Waals surface area (Å²) in [5.74, 6) is 1.03. The standard InChI is InChI=1S/C8H12O/c1-6-3-4-8(9)5-7(6)2/h4-6,9H,3H2,1-2H3. The molecule has 1 aliphatic rings. The second kappa shape index (κ2) is 2.26. The molecule has 1 rings (SSSR count). The lowest BCUT2D eigenvalue weighted by atomic mass is 9.94. The first-order valence-corrected chi connectivity index (χ1v) is 3.27. The van der Waals surface area contributed by atoms with Crippen LogP contribution in [-0.4, -0.2) is 5.11 Å². The summed E-state index contributed by atoms with van der Waals surface area (Å²) in [7, 11) is 0. The highest BCUT2D eigenvalue weighted by Gasteiger charge is 2.07. The van der Waals surface area contributed by atoms with Crippen LogP contribution in [0, 0.1) is 5.92 Å². The van der Waals surface area contributed by atoms with Crippen molar-refractivity contribution in [3.63, 3.8) is 0 Å². The molecule has 0 aliphatic heterocycles. The number of hydrogen-bond donors (Lipinski definition) is 1. The van der Waals surface area contributed by atoms with Gasteiger partial charge in [0.15, 0.2) is 0 Å². The molecule has 0 aromatic carbocycles. The normalized spacial score (nSPS) is 27.1. The van der Waals surface area contributed by atoms with E-state index in [-0.39, 0.29) is 0 Å². The van der Waals surface area contributed by atoms with Gasteiger partial charge in [-0.25, -0.2) is 0 Å². The second-order valence-electron chi connectivity index (χ2n) is 2.65. The maximum Gasteiger partial charge on any atom is 0.111 e. The average molecular weight is 124 g/mol. The van der Waals surface area contributed by atoms with Crippen molar-refractivity contribution < 1.29 is 5.11 Å². The molecule has 1 N–H and O–H groups in total. The minimum absolute atomic E-state index is 0.422. The van der Waals surface area contributed by atoms with Crippen LogP contribution < -0.4 is 0 Å². The van der Waals surface area contributed by atoms with Crippen molar-refractivity contribution in [2.45, 2.75) is 20.3 Å². The van der Waals surface area contributed by atoms with Gasteiger partial charge in [0.2, 0.25) is 0 Å². The zero-order chi connectivity index (χ0) is 6.85. The monoisotopic (exact) mass is 124 g/mol.